The molecule has 0 atom stereocenters. The van der Waals surface area contributed by atoms with Crippen LogP contribution in [0.15, 0.2) is 0 Å². The highest BCUT2D eigenvalue weighted by Crippen LogP contribution is 2.25. The molecule has 2 heteroatoms. The van der Waals surface area contributed by atoms with Gasteiger partial charge in [0.15, 0.2) is 0 Å². The third kappa shape index (κ3) is 1.46. The first-order valence-corrected chi connectivity index (χ1v) is 3.21. The van der Waals surface area contributed by atoms with Crippen molar-refractivity contribution in [2.24, 2.45) is 11.7 Å². The Hall–Kier alpha value is -0.0800. The maximum absolute atomic E-state index is 5.13. The van der Waals surface area contributed by atoms with E-state index >= 15 is 0 Å². The van der Waals surface area contributed by atoms with E-state index in [0.717, 1.165) is 12.5 Å². The molecule has 1 fully saturated rings. The Kier molecular flexibility index (Phi) is 2.30. The van der Waals surface area contributed by atoms with Crippen LogP contribution in [0.1, 0.15) is 19.3 Å². The van der Waals surface area contributed by atoms with E-state index in [0.29, 0.717) is 6.73 Å². The lowest BCUT2D eigenvalue weighted by molar-refractivity contribution is 0.0746. The number of nitrogens with two attached hydrogens (primary N) is 1. The van der Waals surface area contributed by atoms with Crippen molar-refractivity contribution in [2.75, 3.05) is 13.3 Å². The summed E-state index contributed by atoms with van der Waals surface area (Å²) >= 11 is 0. The van der Waals surface area contributed by atoms with Crippen LogP contribution < -0.4 is 5.73 Å². The van der Waals surface area contributed by atoms with Crippen molar-refractivity contribution in [3.05, 3.63) is 0 Å². The van der Waals surface area contributed by atoms with Crippen LogP contribution in [0.2, 0.25) is 0 Å². The van der Waals surface area contributed by atoms with Gasteiger partial charge in [-0.3, -0.25) is 0 Å². The van der Waals surface area contributed by atoms with Gasteiger partial charge in [0.05, 0.1) is 13.3 Å². The van der Waals surface area contributed by atoms with Crippen molar-refractivity contribution >= 4 is 0 Å². The summed E-state index contributed by atoms with van der Waals surface area (Å²) in [5.74, 6) is 0.832. The summed E-state index contributed by atoms with van der Waals surface area (Å²) in [7, 11) is 0. The second kappa shape index (κ2) is 3.05. The molecular weight excluding hydrogens is 102 g/mol. The van der Waals surface area contributed by atoms with Crippen LogP contribution in [0.4, 0.5) is 0 Å². The van der Waals surface area contributed by atoms with Gasteiger partial charge in [-0.2, -0.15) is 0 Å². The molecule has 0 saturated heterocycles. The van der Waals surface area contributed by atoms with Crippen LogP contribution in [-0.4, -0.2) is 13.3 Å². The average molecular weight is 115 g/mol. The highest BCUT2D eigenvalue weighted by Gasteiger charge is 2.16. The Morgan fingerprint density at radius 1 is 1.50 bits per heavy atom. The Morgan fingerprint density at radius 2 is 2.25 bits per heavy atom. The summed E-state index contributed by atoms with van der Waals surface area (Å²) in [4.78, 5) is 0. The fraction of sp³-hybridized carbons (Fsp3) is 1.00. The molecule has 48 valence electrons. The van der Waals surface area contributed by atoms with Crippen molar-refractivity contribution in [1.82, 2.24) is 0 Å². The topological polar surface area (TPSA) is 35.2 Å². The average Bonchev–Trinajstić information content (AvgIpc) is 1.63. The first-order valence-electron chi connectivity index (χ1n) is 3.21. The summed E-state index contributed by atoms with van der Waals surface area (Å²) < 4.78 is 5.02. The number of rotatable bonds is 3. The molecule has 0 amide bonds. The highest BCUT2D eigenvalue weighted by atomic mass is 16.5. The van der Waals surface area contributed by atoms with E-state index in [2.05, 4.69) is 0 Å². The van der Waals surface area contributed by atoms with Crippen LogP contribution >= 0.6 is 0 Å². The fourth-order valence-electron chi connectivity index (χ4n) is 0.894. The van der Waals surface area contributed by atoms with Crippen LogP contribution in [-0.2, 0) is 4.74 Å². The molecule has 0 aliphatic heterocycles. The van der Waals surface area contributed by atoms with E-state index < -0.39 is 0 Å². The molecule has 1 aliphatic carbocycles. The van der Waals surface area contributed by atoms with E-state index in [9.17, 15) is 0 Å². The van der Waals surface area contributed by atoms with Gasteiger partial charge < -0.3 is 10.5 Å². The predicted molar refractivity (Wildman–Crippen MR) is 32.3 cm³/mol. The zero-order valence-electron chi connectivity index (χ0n) is 5.10. The van der Waals surface area contributed by atoms with Gasteiger partial charge in [0.25, 0.3) is 0 Å². The molecule has 1 saturated carbocycles. The standard InChI is InChI=1S/C6H13NO/c7-5-8-4-6-2-1-3-6/h6H,1-5,7H2. The molecule has 1 aliphatic rings. The van der Waals surface area contributed by atoms with E-state index in [-0.39, 0.29) is 0 Å². The van der Waals surface area contributed by atoms with Gasteiger partial charge in [0.1, 0.15) is 0 Å². The lowest BCUT2D eigenvalue weighted by atomic mass is 9.86. The maximum Gasteiger partial charge on any atom is 0.0940 e. The van der Waals surface area contributed by atoms with Gasteiger partial charge in [-0.25, -0.2) is 0 Å². The van der Waals surface area contributed by atoms with Crippen molar-refractivity contribution in [2.45, 2.75) is 19.3 Å². The molecular formula is C6H13NO. The van der Waals surface area contributed by atoms with E-state index in [1.807, 2.05) is 0 Å². The largest absolute Gasteiger partial charge is 0.366 e. The second-order valence-corrected chi connectivity index (χ2v) is 2.33. The minimum absolute atomic E-state index is 0.385. The van der Waals surface area contributed by atoms with Gasteiger partial charge in [-0.15, -0.1) is 0 Å². The maximum atomic E-state index is 5.13. The molecule has 0 aromatic heterocycles. The lowest BCUT2D eigenvalue weighted by Crippen LogP contribution is -2.19. The molecule has 0 bridgehead atoms. The van der Waals surface area contributed by atoms with Crippen LogP contribution in [0, 0.1) is 5.92 Å². The zero-order valence-corrected chi connectivity index (χ0v) is 5.10. The molecule has 8 heavy (non-hydrogen) atoms. The summed E-state index contributed by atoms with van der Waals surface area (Å²) in [6.45, 7) is 1.27. The Labute approximate surface area is 50.0 Å². The summed E-state index contributed by atoms with van der Waals surface area (Å²) in [6, 6.07) is 0. The molecule has 0 unspecified atom stereocenters. The van der Waals surface area contributed by atoms with Crippen molar-refractivity contribution < 1.29 is 4.74 Å². The smallest absolute Gasteiger partial charge is 0.0940 e. The van der Waals surface area contributed by atoms with Gasteiger partial charge in [-0.05, 0) is 18.8 Å². The normalized spacial score (nSPS) is 20.6. The summed E-state index contributed by atoms with van der Waals surface area (Å²) in [6.07, 6.45) is 4.08. The minimum Gasteiger partial charge on any atom is -0.366 e. The Bertz CT molecular complexity index is 61.5. The monoisotopic (exact) mass is 115 g/mol. The predicted octanol–water partition coefficient (Wildman–Crippen LogP) is 0.719. The number of hydrogen-bond donors (Lipinski definition) is 1. The van der Waals surface area contributed by atoms with Gasteiger partial charge in [-0.1, -0.05) is 6.42 Å². The summed E-state index contributed by atoms with van der Waals surface area (Å²) in [5, 5.41) is 0. The third-order valence-corrected chi connectivity index (χ3v) is 1.70. The van der Waals surface area contributed by atoms with Crippen molar-refractivity contribution in [1.29, 1.82) is 0 Å². The van der Waals surface area contributed by atoms with E-state index in [4.69, 9.17) is 10.5 Å². The number of ether oxygens (including phenoxy) is 1. The van der Waals surface area contributed by atoms with Crippen LogP contribution in [0.3, 0.4) is 0 Å². The summed E-state index contributed by atoms with van der Waals surface area (Å²) in [5.41, 5.74) is 5.13. The van der Waals surface area contributed by atoms with Crippen LogP contribution in [0.25, 0.3) is 0 Å². The van der Waals surface area contributed by atoms with Gasteiger partial charge >= 0.3 is 0 Å². The first kappa shape index (κ1) is 6.05. The molecule has 2 nitrogen and oxygen atoms in total. The fourth-order valence-corrected chi connectivity index (χ4v) is 0.894. The highest BCUT2D eigenvalue weighted by molar-refractivity contribution is 4.67. The van der Waals surface area contributed by atoms with E-state index in [1.54, 1.807) is 0 Å². The van der Waals surface area contributed by atoms with Crippen molar-refractivity contribution in [3.8, 4) is 0 Å². The second-order valence-electron chi connectivity index (χ2n) is 2.33. The molecule has 0 radical (unpaired) electrons. The number of hydrogen-bond acceptors (Lipinski definition) is 2. The molecule has 1 rings (SSSR count). The van der Waals surface area contributed by atoms with E-state index in [1.165, 1.54) is 19.3 Å². The molecule has 2 N–H and O–H groups in total. The quantitative estimate of drug-likeness (QED) is 0.550. The lowest BCUT2D eigenvalue weighted by Gasteiger charge is -2.24. The zero-order chi connectivity index (χ0) is 5.82. The minimum atomic E-state index is 0.385. The SMILES string of the molecule is NCOCC1CCC1. The third-order valence-electron chi connectivity index (χ3n) is 1.70. The van der Waals surface area contributed by atoms with Gasteiger partial charge in [0.2, 0.25) is 0 Å². The Balaban J connectivity index is 1.86. The van der Waals surface area contributed by atoms with Crippen molar-refractivity contribution in [3.63, 3.8) is 0 Å². The van der Waals surface area contributed by atoms with Gasteiger partial charge in [0, 0.05) is 0 Å². The first-order chi connectivity index (χ1) is 3.93. The Morgan fingerprint density at radius 3 is 2.62 bits per heavy atom. The molecule has 0 spiro atoms. The molecule has 0 aromatic carbocycles. The van der Waals surface area contributed by atoms with Crippen LogP contribution in [0.5, 0.6) is 0 Å². The molecule has 0 aromatic rings. The molecule has 0 heterocycles.